The predicted octanol–water partition coefficient (Wildman–Crippen LogP) is 3.27. The number of aliphatic hydroxyl groups is 1. The fourth-order valence-corrected chi connectivity index (χ4v) is 3.75. The SMILES string of the molecule is Cc1c2cc([N+](=O)[O-])ccc2nn1[C@H](C)[C@](O)(Cn1cncn1)c1ccc(F)cc1F. The van der Waals surface area contributed by atoms with Crippen LogP contribution in [0, 0.1) is 28.7 Å². The van der Waals surface area contributed by atoms with Crippen molar-refractivity contribution in [3.8, 4) is 0 Å². The Morgan fingerprint density at radius 3 is 2.68 bits per heavy atom. The maximum absolute atomic E-state index is 14.7. The summed E-state index contributed by atoms with van der Waals surface area (Å²) in [5.74, 6) is -1.69. The Labute approximate surface area is 174 Å². The van der Waals surface area contributed by atoms with Crippen LogP contribution in [0.4, 0.5) is 14.5 Å². The minimum Gasteiger partial charge on any atom is -0.381 e. The van der Waals surface area contributed by atoms with E-state index in [2.05, 4.69) is 15.2 Å². The quantitative estimate of drug-likeness (QED) is 0.373. The van der Waals surface area contributed by atoms with E-state index in [1.807, 2.05) is 0 Å². The van der Waals surface area contributed by atoms with Crippen molar-refractivity contribution in [1.29, 1.82) is 0 Å². The number of nitro benzene ring substituents is 1. The van der Waals surface area contributed by atoms with E-state index in [0.717, 1.165) is 6.07 Å². The van der Waals surface area contributed by atoms with Gasteiger partial charge in [-0.05, 0) is 26.0 Å². The molecule has 4 aromatic rings. The van der Waals surface area contributed by atoms with E-state index in [0.29, 0.717) is 22.7 Å². The molecular weight excluding hydrogens is 410 g/mol. The molecule has 160 valence electrons. The van der Waals surface area contributed by atoms with E-state index in [1.165, 1.54) is 46.3 Å². The minimum absolute atomic E-state index is 0.0924. The summed E-state index contributed by atoms with van der Waals surface area (Å²) in [6, 6.07) is 6.33. The van der Waals surface area contributed by atoms with Crippen LogP contribution >= 0.6 is 0 Å². The molecule has 0 aliphatic heterocycles. The number of halogens is 2. The van der Waals surface area contributed by atoms with Crippen LogP contribution in [0.2, 0.25) is 0 Å². The molecule has 0 fully saturated rings. The van der Waals surface area contributed by atoms with Crippen LogP contribution in [-0.4, -0.2) is 34.6 Å². The van der Waals surface area contributed by atoms with Gasteiger partial charge in [0.05, 0.1) is 23.0 Å². The van der Waals surface area contributed by atoms with E-state index in [4.69, 9.17) is 0 Å². The van der Waals surface area contributed by atoms with Crippen LogP contribution in [0.15, 0.2) is 49.1 Å². The number of hydrogen-bond acceptors (Lipinski definition) is 6. The normalized spacial score (nSPS) is 14.5. The average Bonchev–Trinajstić information content (AvgIpc) is 3.34. The molecule has 0 aliphatic carbocycles. The summed E-state index contributed by atoms with van der Waals surface area (Å²) in [5, 5.41) is 31.8. The van der Waals surface area contributed by atoms with Gasteiger partial charge in [-0.2, -0.15) is 10.2 Å². The molecule has 31 heavy (non-hydrogen) atoms. The van der Waals surface area contributed by atoms with Crippen LogP contribution in [0.25, 0.3) is 10.9 Å². The molecule has 0 saturated heterocycles. The Morgan fingerprint density at radius 1 is 1.26 bits per heavy atom. The van der Waals surface area contributed by atoms with E-state index in [-0.39, 0.29) is 17.8 Å². The molecule has 11 heteroatoms. The van der Waals surface area contributed by atoms with Crippen LogP contribution in [0.1, 0.15) is 24.2 Å². The Bertz CT molecular complexity index is 1270. The molecule has 0 radical (unpaired) electrons. The molecular formula is C20H18F2N6O3. The van der Waals surface area contributed by atoms with Gasteiger partial charge in [-0.1, -0.05) is 6.07 Å². The lowest BCUT2D eigenvalue weighted by molar-refractivity contribution is -0.384. The van der Waals surface area contributed by atoms with Gasteiger partial charge < -0.3 is 5.11 Å². The number of hydrogen-bond donors (Lipinski definition) is 1. The number of fused-ring (bicyclic) bond motifs is 1. The highest BCUT2D eigenvalue weighted by Gasteiger charge is 2.41. The van der Waals surface area contributed by atoms with Crippen molar-refractivity contribution >= 4 is 16.6 Å². The number of nitrogens with zero attached hydrogens (tertiary/aromatic N) is 6. The molecule has 2 aromatic carbocycles. The Hall–Kier alpha value is -3.73. The van der Waals surface area contributed by atoms with Crippen LogP contribution in [0.3, 0.4) is 0 Å². The molecule has 2 heterocycles. The lowest BCUT2D eigenvalue weighted by Gasteiger charge is -2.35. The molecule has 2 atom stereocenters. The van der Waals surface area contributed by atoms with Crippen molar-refractivity contribution in [3.05, 3.63) is 82.1 Å². The third-order valence-corrected chi connectivity index (χ3v) is 5.47. The minimum atomic E-state index is -1.90. The molecule has 1 N–H and O–H groups in total. The Balaban J connectivity index is 1.87. The van der Waals surface area contributed by atoms with Crippen molar-refractivity contribution in [2.45, 2.75) is 32.0 Å². The van der Waals surface area contributed by atoms with Gasteiger partial charge in [-0.25, -0.2) is 18.4 Å². The lowest BCUT2D eigenvalue weighted by Crippen LogP contribution is -2.41. The van der Waals surface area contributed by atoms with Crippen LogP contribution < -0.4 is 0 Å². The molecule has 0 saturated carbocycles. The predicted molar refractivity (Wildman–Crippen MR) is 106 cm³/mol. The third kappa shape index (κ3) is 3.52. The molecule has 0 aliphatic rings. The lowest BCUT2D eigenvalue weighted by atomic mass is 9.86. The molecule has 0 unspecified atom stereocenters. The number of rotatable bonds is 6. The molecule has 2 aromatic heterocycles. The van der Waals surface area contributed by atoms with E-state index in [9.17, 15) is 24.0 Å². The summed E-state index contributed by atoms with van der Waals surface area (Å²) < 4.78 is 31.1. The molecule has 0 amide bonds. The summed E-state index contributed by atoms with van der Waals surface area (Å²) in [5.41, 5.74) is -1.10. The zero-order valence-electron chi connectivity index (χ0n) is 16.6. The standard InChI is InChI=1S/C20H18F2N6O3/c1-12-16-8-15(28(30)31)4-6-19(16)25-27(12)13(2)20(29,9-26-11-23-10-24-26)17-5-3-14(21)7-18(17)22/h3-8,10-11,13,29H,9H2,1-2H3/t13-,20-/m1/s1. The maximum Gasteiger partial charge on any atom is 0.270 e. The first kappa shape index (κ1) is 20.5. The van der Waals surface area contributed by atoms with E-state index < -0.39 is 28.2 Å². The second-order valence-corrected chi connectivity index (χ2v) is 7.31. The summed E-state index contributed by atoms with van der Waals surface area (Å²) in [7, 11) is 0. The number of aromatic nitrogens is 5. The number of aryl methyl sites for hydroxylation is 1. The summed E-state index contributed by atoms with van der Waals surface area (Å²) in [6.45, 7) is 3.14. The highest BCUT2D eigenvalue weighted by molar-refractivity contribution is 5.83. The first-order chi connectivity index (χ1) is 14.7. The fraction of sp³-hybridized carbons (Fsp3) is 0.250. The second-order valence-electron chi connectivity index (χ2n) is 7.31. The van der Waals surface area contributed by atoms with Gasteiger partial charge in [0.1, 0.15) is 29.9 Å². The van der Waals surface area contributed by atoms with Crippen LogP contribution in [-0.2, 0) is 12.1 Å². The van der Waals surface area contributed by atoms with Crippen molar-refractivity contribution in [3.63, 3.8) is 0 Å². The number of nitro groups is 1. The summed E-state index contributed by atoms with van der Waals surface area (Å²) in [6.07, 6.45) is 2.65. The van der Waals surface area contributed by atoms with Gasteiger partial charge in [0.15, 0.2) is 0 Å². The van der Waals surface area contributed by atoms with Crippen molar-refractivity contribution < 1.29 is 18.8 Å². The van der Waals surface area contributed by atoms with Gasteiger partial charge in [0, 0.05) is 34.8 Å². The monoisotopic (exact) mass is 428 g/mol. The first-order valence-corrected chi connectivity index (χ1v) is 9.34. The Kier molecular flexibility index (Phi) is 4.97. The van der Waals surface area contributed by atoms with Crippen molar-refractivity contribution in [1.82, 2.24) is 24.5 Å². The zero-order valence-corrected chi connectivity index (χ0v) is 16.6. The fourth-order valence-electron chi connectivity index (χ4n) is 3.75. The van der Waals surface area contributed by atoms with Gasteiger partial charge in [0.25, 0.3) is 5.69 Å². The molecule has 0 spiro atoms. The van der Waals surface area contributed by atoms with Gasteiger partial charge in [-0.3, -0.25) is 14.8 Å². The van der Waals surface area contributed by atoms with Gasteiger partial charge in [-0.15, -0.1) is 0 Å². The summed E-state index contributed by atoms with van der Waals surface area (Å²) in [4.78, 5) is 14.5. The third-order valence-electron chi connectivity index (χ3n) is 5.47. The van der Waals surface area contributed by atoms with Crippen molar-refractivity contribution in [2.24, 2.45) is 0 Å². The summed E-state index contributed by atoms with van der Waals surface area (Å²) >= 11 is 0. The Morgan fingerprint density at radius 2 is 2.03 bits per heavy atom. The first-order valence-electron chi connectivity index (χ1n) is 9.34. The smallest absolute Gasteiger partial charge is 0.270 e. The average molecular weight is 428 g/mol. The van der Waals surface area contributed by atoms with Gasteiger partial charge in [0.2, 0.25) is 0 Å². The highest BCUT2D eigenvalue weighted by atomic mass is 19.1. The number of benzene rings is 2. The zero-order chi connectivity index (χ0) is 22.3. The topological polar surface area (TPSA) is 112 Å². The van der Waals surface area contributed by atoms with Crippen LogP contribution in [0.5, 0.6) is 0 Å². The second kappa shape index (κ2) is 7.51. The maximum atomic E-state index is 14.7. The van der Waals surface area contributed by atoms with Crippen molar-refractivity contribution in [2.75, 3.05) is 0 Å². The van der Waals surface area contributed by atoms with E-state index >= 15 is 0 Å². The van der Waals surface area contributed by atoms with Gasteiger partial charge >= 0.3 is 0 Å². The molecule has 4 rings (SSSR count). The molecule has 0 bridgehead atoms. The number of non-ortho nitro benzene ring substituents is 1. The van der Waals surface area contributed by atoms with E-state index in [1.54, 1.807) is 13.8 Å². The molecule has 9 nitrogen and oxygen atoms in total. The highest BCUT2D eigenvalue weighted by Crippen LogP contribution is 2.38. The largest absolute Gasteiger partial charge is 0.381 e.